The van der Waals surface area contributed by atoms with Crippen LogP contribution in [-0.2, 0) is 9.59 Å². The van der Waals surface area contributed by atoms with Crippen molar-refractivity contribution in [3.63, 3.8) is 0 Å². The Morgan fingerprint density at radius 3 is 1.94 bits per heavy atom. The van der Waals surface area contributed by atoms with Gasteiger partial charge in [-0.2, -0.15) is 0 Å². The van der Waals surface area contributed by atoms with E-state index in [1.165, 1.54) is 0 Å². The van der Waals surface area contributed by atoms with Crippen molar-refractivity contribution in [3.8, 4) is 0 Å². The summed E-state index contributed by atoms with van der Waals surface area (Å²) >= 11 is 0. The maximum atomic E-state index is 12.3. The van der Waals surface area contributed by atoms with Crippen molar-refractivity contribution in [2.24, 2.45) is 11.8 Å². The molecule has 0 aromatic rings. The lowest BCUT2D eigenvalue weighted by atomic mass is 9.85. The van der Waals surface area contributed by atoms with E-state index in [0.29, 0.717) is 19.3 Å². The molecule has 1 aliphatic heterocycles. The van der Waals surface area contributed by atoms with Gasteiger partial charge >= 0.3 is 0 Å². The number of carbonyl (C=O) groups is 2. The van der Waals surface area contributed by atoms with Gasteiger partial charge < -0.3 is 10.2 Å². The molecule has 2 unspecified atom stereocenters. The number of aliphatic hydroxyl groups is 2. The lowest BCUT2D eigenvalue weighted by molar-refractivity contribution is -0.152. The summed E-state index contributed by atoms with van der Waals surface area (Å²) in [7, 11) is 0. The Hall–Kier alpha value is -1.20. The number of fused-ring (bicyclic) bond motifs is 1. The number of amides is 2. The highest BCUT2D eigenvalue weighted by atomic mass is 16.3. The van der Waals surface area contributed by atoms with Crippen molar-refractivity contribution in [3.05, 3.63) is 12.2 Å². The Balaban J connectivity index is 2.35. The SMILES string of the molecule is CCC(CO)(CO)N1C(=O)C2CC=CCC2C1=O. The van der Waals surface area contributed by atoms with Crippen molar-refractivity contribution in [1.29, 1.82) is 0 Å². The van der Waals surface area contributed by atoms with Crippen LogP contribution in [0.2, 0.25) is 0 Å². The molecule has 2 amide bonds. The van der Waals surface area contributed by atoms with Crippen LogP contribution >= 0.6 is 0 Å². The van der Waals surface area contributed by atoms with Crippen LogP contribution in [0.25, 0.3) is 0 Å². The van der Waals surface area contributed by atoms with Crippen LogP contribution in [-0.4, -0.2) is 45.7 Å². The third kappa shape index (κ3) is 1.69. The predicted molar refractivity (Wildman–Crippen MR) is 64.4 cm³/mol. The molecule has 0 saturated carbocycles. The highest BCUT2D eigenvalue weighted by Crippen LogP contribution is 2.39. The van der Waals surface area contributed by atoms with Gasteiger partial charge in [-0.15, -0.1) is 0 Å². The van der Waals surface area contributed by atoms with Crippen molar-refractivity contribution >= 4 is 11.8 Å². The van der Waals surface area contributed by atoms with Gasteiger partial charge in [0.25, 0.3) is 0 Å². The summed E-state index contributed by atoms with van der Waals surface area (Å²) in [5.74, 6) is -1.13. The molecular weight excluding hydrogens is 234 g/mol. The number of rotatable bonds is 4. The van der Waals surface area contributed by atoms with Gasteiger partial charge in [0.2, 0.25) is 11.8 Å². The predicted octanol–water partition coefficient (Wildman–Crippen LogP) is 0.0710. The van der Waals surface area contributed by atoms with E-state index in [-0.39, 0.29) is 23.7 Å². The number of aliphatic hydroxyl groups excluding tert-OH is 2. The molecule has 2 atom stereocenters. The normalized spacial score (nSPS) is 27.8. The standard InChI is InChI=1S/C13H19NO4/c1-2-13(7-15,8-16)14-11(17)9-5-3-4-6-10(9)12(14)18/h3-4,9-10,15-16H,2,5-8H2,1H3. The van der Waals surface area contributed by atoms with Crippen LogP contribution < -0.4 is 0 Å². The number of hydrogen-bond acceptors (Lipinski definition) is 4. The number of nitrogens with zero attached hydrogens (tertiary/aromatic N) is 1. The van der Waals surface area contributed by atoms with Crippen LogP contribution in [0.4, 0.5) is 0 Å². The minimum atomic E-state index is -1.15. The van der Waals surface area contributed by atoms with Gasteiger partial charge in [0, 0.05) is 0 Å². The lowest BCUT2D eigenvalue weighted by Crippen LogP contribution is -2.57. The smallest absolute Gasteiger partial charge is 0.234 e. The fourth-order valence-electron chi connectivity index (χ4n) is 2.84. The molecule has 1 heterocycles. The lowest BCUT2D eigenvalue weighted by Gasteiger charge is -2.37. The molecule has 100 valence electrons. The van der Waals surface area contributed by atoms with E-state index >= 15 is 0 Å². The summed E-state index contributed by atoms with van der Waals surface area (Å²) in [5.41, 5.74) is -1.15. The zero-order valence-corrected chi connectivity index (χ0v) is 10.5. The van der Waals surface area contributed by atoms with E-state index in [1.54, 1.807) is 6.92 Å². The molecule has 2 aliphatic rings. The molecule has 18 heavy (non-hydrogen) atoms. The van der Waals surface area contributed by atoms with Gasteiger partial charge in [0.15, 0.2) is 0 Å². The average molecular weight is 253 g/mol. The Kier molecular flexibility index (Phi) is 3.54. The van der Waals surface area contributed by atoms with Gasteiger partial charge in [-0.05, 0) is 19.3 Å². The summed E-state index contributed by atoms with van der Waals surface area (Å²) < 4.78 is 0. The van der Waals surface area contributed by atoms with Crippen LogP contribution in [0, 0.1) is 11.8 Å². The van der Waals surface area contributed by atoms with Crippen LogP contribution in [0.1, 0.15) is 26.2 Å². The van der Waals surface area contributed by atoms with Gasteiger partial charge in [0.05, 0.1) is 30.6 Å². The van der Waals surface area contributed by atoms with Crippen molar-refractivity contribution in [1.82, 2.24) is 4.90 Å². The first-order valence-electron chi connectivity index (χ1n) is 6.36. The second-order valence-electron chi connectivity index (χ2n) is 5.06. The molecule has 0 bridgehead atoms. The Labute approximate surface area is 106 Å². The molecule has 1 fully saturated rings. The summed E-state index contributed by atoms with van der Waals surface area (Å²) in [4.78, 5) is 25.8. The molecule has 0 aromatic heterocycles. The van der Waals surface area contributed by atoms with E-state index in [9.17, 15) is 19.8 Å². The third-order valence-electron chi connectivity index (χ3n) is 4.23. The molecule has 1 aliphatic carbocycles. The van der Waals surface area contributed by atoms with Crippen LogP contribution in [0.5, 0.6) is 0 Å². The number of allylic oxidation sites excluding steroid dienone is 2. The zero-order chi connectivity index (χ0) is 13.3. The monoisotopic (exact) mass is 253 g/mol. The second-order valence-corrected chi connectivity index (χ2v) is 5.06. The van der Waals surface area contributed by atoms with Crippen LogP contribution in [0.3, 0.4) is 0 Å². The Bertz CT molecular complexity index is 352. The Morgan fingerprint density at radius 2 is 1.61 bits per heavy atom. The molecule has 2 rings (SSSR count). The minimum Gasteiger partial charge on any atom is -0.394 e. The van der Waals surface area contributed by atoms with Crippen molar-refractivity contribution < 1.29 is 19.8 Å². The topological polar surface area (TPSA) is 77.8 Å². The molecule has 0 spiro atoms. The van der Waals surface area contributed by atoms with Crippen LogP contribution in [0.15, 0.2) is 12.2 Å². The maximum Gasteiger partial charge on any atom is 0.234 e. The second kappa shape index (κ2) is 4.82. The highest BCUT2D eigenvalue weighted by molar-refractivity contribution is 6.06. The van der Waals surface area contributed by atoms with Gasteiger partial charge in [-0.25, -0.2) is 0 Å². The first kappa shape index (κ1) is 13.2. The summed E-state index contributed by atoms with van der Waals surface area (Å²) in [6, 6.07) is 0. The molecule has 0 aromatic carbocycles. The number of hydrogen-bond donors (Lipinski definition) is 2. The van der Waals surface area contributed by atoms with Crippen molar-refractivity contribution in [2.75, 3.05) is 13.2 Å². The number of likely N-dealkylation sites (tertiary alicyclic amines) is 1. The summed E-state index contributed by atoms with van der Waals surface area (Å²) in [6.07, 6.45) is 5.33. The van der Waals surface area contributed by atoms with E-state index in [2.05, 4.69) is 0 Å². The van der Waals surface area contributed by atoms with E-state index in [1.807, 2.05) is 12.2 Å². The molecule has 5 nitrogen and oxygen atoms in total. The van der Waals surface area contributed by atoms with E-state index < -0.39 is 18.8 Å². The molecule has 5 heteroatoms. The Morgan fingerprint density at radius 1 is 1.17 bits per heavy atom. The van der Waals surface area contributed by atoms with E-state index in [0.717, 1.165) is 4.90 Å². The minimum absolute atomic E-state index is 0.251. The number of carbonyl (C=O) groups excluding carboxylic acids is 2. The van der Waals surface area contributed by atoms with Crippen molar-refractivity contribution in [2.45, 2.75) is 31.7 Å². The summed E-state index contributed by atoms with van der Waals surface area (Å²) in [5, 5.41) is 19.0. The maximum absolute atomic E-state index is 12.3. The van der Waals surface area contributed by atoms with Gasteiger partial charge in [0.1, 0.15) is 0 Å². The largest absolute Gasteiger partial charge is 0.394 e. The molecule has 2 N–H and O–H groups in total. The quantitative estimate of drug-likeness (QED) is 0.549. The van der Waals surface area contributed by atoms with Gasteiger partial charge in [-0.3, -0.25) is 14.5 Å². The zero-order valence-electron chi connectivity index (χ0n) is 10.5. The van der Waals surface area contributed by atoms with E-state index in [4.69, 9.17) is 0 Å². The van der Waals surface area contributed by atoms with Gasteiger partial charge in [-0.1, -0.05) is 19.1 Å². The third-order valence-corrected chi connectivity index (χ3v) is 4.23. The number of imide groups is 1. The summed E-state index contributed by atoms with van der Waals surface area (Å²) in [6.45, 7) is 0.960. The fourth-order valence-corrected chi connectivity index (χ4v) is 2.84. The first-order chi connectivity index (χ1) is 8.61. The fraction of sp³-hybridized carbons (Fsp3) is 0.692. The highest BCUT2D eigenvalue weighted by Gasteiger charge is 2.54. The molecule has 0 radical (unpaired) electrons. The molecule has 1 saturated heterocycles. The first-order valence-corrected chi connectivity index (χ1v) is 6.36. The molecular formula is C13H19NO4. The average Bonchev–Trinajstić information content (AvgIpc) is 2.67.